The molecular formula is C22H18Br2. The molecule has 2 heteroatoms. The van der Waals surface area contributed by atoms with Gasteiger partial charge in [-0.1, -0.05) is 92.5 Å². The Labute approximate surface area is 160 Å². The van der Waals surface area contributed by atoms with E-state index < -0.39 is 0 Å². The summed E-state index contributed by atoms with van der Waals surface area (Å²) in [6.07, 6.45) is 0. The predicted molar refractivity (Wildman–Crippen MR) is 110 cm³/mol. The van der Waals surface area contributed by atoms with Crippen molar-refractivity contribution < 1.29 is 0 Å². The quantitative estimate of drug-likeness (QED) is 0.316. The van der Waals surface area contributed by atoms with Gasteiger partial charge in [0.15, 0.2) is 0 Å². The smallest absolute Gasteiger partial charge is 0.0567 e. The van der Waals surface area contributed by atoms with Crippen LogP contribution in [0.3, 0.4) is 0 Å². The van der Waals surface area contributed by atoms with E-state index in [1.54, 1.807) is 0 Å². The van der Waals surface area contributed by atoms with Gasteiger partial charge in [-0.05, 0) is 58.4 Å². The van der Waals surface area contributed by atoms with Gasteiger partial charge in [0.2, 0.25) is 0 Å². The molecule has 0 unspecified atom stereocenters. The number of hydrogen-bond acceptors (Lipinski definition) is 0. The third kappa shape index (κ3) is 2.39. The number of fused-ring (bicyclic) bond motifs is 5. The minimum atomic E-state index is 0.225. The van der Waals surface area contributed by atoms with Crippen LogP contribution in [0.4, 0.5) is 0 Å². The first-order valence-electron chi connectivity index (χ1n) is 8.16. The number of alkyl halides is 2. The molecule has 0 amide bonds. The van der Waals surface area contributed by atoms with Gasteiger partial charge in [-0.2, -0.15) is 0 Å². The highest BCUT2D eigenvalue weighted by molar-refractivity contribution is 9.12. The molecule has 0 nitrogen and oxygen atoms in total. The van der Waals surface area contributed by atoms with Gasteiger partial charge in [-0.25, -0.2) is 0 Å². The summed E-state index contributed by atoms with van der Waals surface area (Å²) in [7, 11) is 0. The van der Waals surface area contributed by atoms with Crippen molar-refractivity contribution in [2.75, 3.05) is 0 Å². The lowest BCUT2D eigenvalue weighted by Gasteiger charge is -2.29. The van der Waals surface area contributed by atoms with Crippen molar-refractivity contribution in [3.8, 4) is 22.3 Å². The van der Waals surface area contributed by atoms with Crippen LogP contribution in [0, 0.1) is 13.8 Å². The highest BCUT2D eigenvalue weighted by atomic mass is 79.9. The summed E-state index contributed by atoms with van der Waals surface area (Å²) < 4.78 is 0. The molecule has 0 fully saturated rings. The second-order valence-corrected chi connectivity index (χ2v) is 8.40. The average molecular weight is 442 g/mol. The molecule has 4 rings (SSSR count). The minimum absolute atomic E-state index is 0.225. The maximum Gasteiger partial charge on any atom is 0.0567 e. The summed E-state index contributed by atoms with van der Waals surface area (Å²) in [5.74, 6) is 0. The predicted octanol–water partition coefficient (Wildman–Crippen LogP) is 7.52. The fourth-order valence-electron chi connectivity index (χ4n) is 3.75. The van der Waals surface area contributed by atoms with E-state index in [4.69, 9.17) is 0 Å². The monoisotopic (exact) mass is 440 g/mol. The van der Waals surface area contributed by atoms with Gasteiger partial charge in [-0.15, -0.1) is 0 Å². The summed E-state index contributed by atoms with van der Waals surface area (Å²) in [6, 6.07) is 22.0. The van der Waals surface area contributed by atoms with E-state index in [0.29, 0.717) is 0 Å². The second kappa shape index (κ2) is 6.16. The van der Waals surface area contributed by atoms with Crippen molar-refractivity contribution in [1.82, 2.24) is 0 Å². The van der Waals surface area contributed by atoms with Gasteiger partial charge in [0.1, 0.15) is 0 Å². The Morgan fingerprint density at radius 2 is 0.958 bits per heavy atom. The molecule has 120 valence electrons. The highest BCUT2D eigenvalue weighted by Crippen LogP contribution is 2.52. The Bertz CT molecular complexity index is 851. The highest BCUT2D eigenvalue weighted by Gasteiger charge is 2.29. The summed E-state index contributed by atoms with van der Waals surface area (Å²) in [5.41, 5.74) is 10.7. The summed E-state index contributed by atoms with van der Waals surface area (Å²) in [6.45, 7) is 4.43. The molecule has 0 saturated heterocycles. The molecule has 0 spiro atoms. The van der Waals surface area contributed by atoms with Crippen LogP contribution < -0.4 is 0 Å². The van der Waals surface area contributed by atoms with Crippen LogP contribution in [0.25, 0.3) is 22.3 Å². The van der Waals surface area contributed by atoms with Crippen LogP contribution in [0.2, 0.25) is 0 Å². The lowest BCUT2D eigenvalue weighted by Crippen LogP contribution is -2.08. The summed E-state index contributed by atoms with van der Waals surface area (Å²) >= 11 is 7.91. The van der Waals surface area contributed by atoms with Crippen LogP contribution in [0.15, 0.2) is 60.7 Å². The number of rotatable bonds is 0. The molecule has 1 aliphatic rings. The number of halogens is 2. The first-order valence-corrected chi connectivity index (χ1v) is 9.99. The van der Waals surface area contributed by atoms with E-state index in [9.17, 15) is 0 Å². The Hall–Kier alpha value is -1.38. The molecule has 0 bridgehead atoms. The van der Waals surface area contributed by atoms with Gasteiger partial charge in [0.05, 0.1) is 9.65 Å². The van der Waals surface area contributed by atoms with E-state index in [0.717, 1.165) is 0 Å². The zero-order valence-corrected chi connectivity index (χ0v) is 16.9. The fraction of sp³-hybridized carbons (Fsp3) is 0.182. The molecule has 24 heavy (non-hydrogen) atoms. The van der Waals surface area contributed by atoms with Gasteiger partial charge < -0.3 is 0 Å². The van der Waals surface area contributed by atoms with E-state index in [1.807, 2.05) is 0 Å². The van der Waals surface area contributed by atoms with Crippen molar-refractivity contribution in [2.24, 2.45) is 0 Å². The first-order chi connectivity index (χ1) is 11.6. The van der Waals surface area contributed by atoms with E-state index in [1.165, 1.54) is 44.5 Å². The fourth-order valence-corrected chi connectivity index (χ4v) is 5.12. The SMILES string of the molecule is Cc1ccc(C)c2c1-c1ccccc1[C@@H](Br)[C@H](Br)c1ccccc1-2. The number of aryl methyl sites for hydroxylation is 2. The van der Waals surface area contributed by atoms with Crippen LogP contribution in [-0.2, 0) is 0 Å². The van der Waals surface area contributed by atoms with Crippen molar-refractivity contribution in [3.05, 3.63) is 82.9 Å². The lowest BCUT2D eigenvalue weighted by molar-refractivity contribution is 0.937. The average Bonchev–Trinajstić information content (AvgIpc) is 2.61. The topological polar surface area (TPSA) is 0 Å². The molecular weight excluding hydrogens is 424 g/mol. The normalized spacial score (nSPS) is 18.8. The van der Waals surface area contributed by atoms with E-state index in [-0.39, 0.29) is 9.65 Å². The molecule has 0 heterocycles. The molecule has 0 N–H and O–H groups in total. The molecule has 0 radical (unpaired) electrons. The number of benzene rings is 3. The Balaban J connectivity index is 2.21. The third-order valence-electron chi connectivity index (χ3n) is 4.93. The molecule has 1 aliphatic carbocycles. The summed E-state index contributed by atoms with van der Waals surface area (Å²) in [4.78, 5) is 0.450. The Kier molecular flexibility index (Phi) is 4.14. The van der Waals surface area contributed by atoms with Gasteiger partial charge >= 0.3 is 0 Å². The molecule has 2 atom stereocenters. The second-order valence-electron chi connectivity index (χ2n) is 6.43. The van der Waals surface area contributed by atoms with Crippen molar-refractivity contribution in [2.45, 2.75) is 23.5 Å². The van der Waals surface area contributed by atoms with Crippen molar-refractivity contribution >= 4 is 31.9 Å². The summed E-state index contributed by atoms with van der Waals surface area (Å²) in [5, 5.41) is 0. The molecule has 0 aliphatic heterocycles. The van der Waals surface area contributed by atoms with Crippen LogP contribution >= 0.6 is 31.9 Å². The largest absolute Gasteiger partial charge is 0.0823 e. The number of hydrogen-bond donors (Lipinski definition) is 0. The van der Waals surface area contributed by atoms with Gasteiger partial charge in [-0.3, -0.25) is 0 Å². The van der Waals surface area contributed by atoms with Gasteiger partial charge in [0, 0.05) is 0 Å². The standard InChI is InChI=1S/C22H18Br2/c1-13-11-12-14(2)20-16-8-4-6-10-18(16)22(24)21(23)17-9-5-3-7-15(17)19(13)20/h3-12,21-22H,1-2H3/t21-,22-/m1/s1. The van der Waals surface area contributed by atoms with Crippen molar-refractivity contribution in [3.63, 3.8) is 0 Å². The van der Waals surface area contributed by atoms with E-state index >= 15 is 0 Å². The van der Waals surface area contributed by atoms with Crippen molar-refractivity contribution in [1.29, 1.82) is 0 Å². The van der Waals surface area contributed by atoms with Crippen LogP contribution in [0.5, 0.6) is 0 Å². The minimum Gasteiger partial charge on any atom is -0.0823 e. The molecule has 3 aromatic rings. The third-order valence-corrected chi connectivity index (χ3v) is 7.69. The van der Waals surface area contributed by atoms with Crippen LogP contribution in [0.1, 0.15) is 31.9 Å². The van der Waals surface area contributed by atoms with Crippen LogP contribution in [-0.4, -0.2) is 0 Å². The van der Waals surface area contributed by atoms with Gasteiger partial charge in [0.25, 0.3) is 0 Å². The zero-order chi connectivity index (χ0) is 16.8. The van der Waals surface area contributed by atoms with E-state index in [2.05, 4.69) is 106 Å². The lowest BCUT2D eigenvalue weighted by atomic mass is 9.80. The maximum atomic E-state index is 3.96. The maximum absolute atomic E-state index is 3.96. The first kappa shape index (κ1) is 16.1. The zero-order valence-electron chi connectivity index (χ0n) is 13.7. The molecule has 3 aromatic carbocycles. The Morgan fingerprint density at radius 3 is 1.38 bits per heavy atom. The molecule has 0 saturated carbocycles. The molecule has 0 aromatic heterocycles. The Morgan fingerprint density at radius 1 is 0.583 bits per heavy atom.